The Labute approximate surface area is 99.2 Å². The first-order chi connectivity index (χ1) is 8.03. The van der Waals surface area contributed by atoms with E-state index in [1.165, 1.54) is 0 Å². The van der Waals surface area contributed by atoms with Gasteiger partial charge in [0.05, 0.1) is 11.3 Å². The second-order valence-corrected chi connectivity index (χ2v) is 4.76. The van der Waals surface area contributed by atoms with Crippen LogP contribution in [0.25, 0.3) is 0 Å². The number of esters is 1. The molecular formula is C13H13NO3. The SMILES string of the molecule is Cc1cccc2c1N1C(=O)CCC1(C)OC2=O. The molecule has 0 aromatic heterocycles. The molecule has 1 aromatic carbocycles. The van der Waals surface area contributed by atoms with Crippen LogP contribution in [0.4, 0.5) is 5.69 Å². The quantitative estimate of drug-likeness (QED) is 0.642. The number of anilines is 1. The fourth-order valence-corrected chi connectivity index (χ4v) is 2.66. The number of nitrogens with zero attached hydrogens (tertiary/aromatic N) is 1. The van der Waals surface area contributed by atoms with Crippen molar-refractivity contribution in [3.8, 4) is 0 Å². The van der Waals surface area contributed by atoms with E-state index >= 15 is 0 Å². The predicted molar refractivity (Wildman–Crippen MR) is 61.7 cm³/mol. The Morgan fingerprint density at radius 2 is 2.12 bits per heavy atom. The van der Waals surface area contributed by atoms with Crippen LogP contribution in [0.15, 0.2) is 18.2 Å². The molecule has 0 N–H and O–H groups in total. The molecule has 4 nitrogen and oxygen atoms in total. The summed E-state index contributed by atoms with van der Waals surface area (Å²) in [6.45, 7) is 3.70. The van der Waals surface area contributed by atoms with Gasteiger partial charge in [0.15, 0.2) is 5.72 Å². The molecule has 4 heteroatoms. The van der Waals surface area contributed by atoms with Gasteiger partial charge in [-0.25, -0.2) is 4.79 Å². The van der Waals surface area contributed by atoms with Gasteiger partial charge in [-0.15, -0.1) is 0 Å². The van der Waals surface area contributed by atoms with Crippen LogP contribution < -0.4 is 4.90 Å². The number of carbonyl (C=O) groups is 2. The minimum absolute atomic E-state index is 0.0237. The summed E-state index contributed by atoms with van der Waals surface area (Å²) in [6, 6.07) is 5.41. The Hall–Kier alpha value is -1.84. The first-order valence-electron chi connectivity index (χ1n) is 5.69. The van der Waals surface area contributed by atoms with Gasteiger partial charge in [0.2, 0.25) is 5.91 Å². The first-order valence-corrected chi connectivity index (χ1v) is 5.69. The van der Waals surface area contributed by atoms with Crippen LogP contribution in [0.1, 0.15) is 35.7 Å². The zero-order valence-corrected chi connectivity index (χ0v) is 9.82. The van der Waals surface area contributed by atoms with E-state index in [9.17, 15) is 9.59 Å². The van der Waals surface area contributed by atoms with Gasteiger partial charge in [-0.2, -0.15) is 0 Å². The molecule has 2 aliphatic rings. The van der Waals surface area contributed by atoms with Crippen LogP contribution in [-0.4, -0.2) is 17.6 Å². The Morgan fingerprint density at radius 1 is 1.35 bits per heavy atom. The number of rotatable bonds is 0. The average Bonchev–Trinajstić information content (AvgIpc) is 2.56. The third kappa shape index (κ3) is 1.24. The highest BCUT2D eigenvalue weighted by molar-refractivity contribution is 6.08. The summed E-state index contributed by atoms with van der Waals surface area (Å²) in [4.78, 5) is 25.5. The number of hydrogen-bond acceptors (Lipinski definition) is 3. The maximum absolute atomic E-state index is 12.0. The minimum Gasteiger partial charge on any atom is -0.435 e. The fraction of sp³-hybridized carbons (Fsp3) is 0.385. The summed E-state index contributed by atoms with van der Waals surface area (Å²) in [5.41, 5.74) is 1.33. The first kappa shape index (κ1) is 10.3. The Kier molecular flexibility index (Phi) is 1.88. The van der Waals surface area contributed by atoms with Gasteiger partial charge in [0, 0.05) is 12.8 Å². The van der Waals surface area contributed by atoms with E-state index in [0.29, 0.717) is 24.1 Å². The van der Waals surface area contributed by atoms with Gasteiger partial charge in [0.25, 0.3) is 0 Å². The molecule has 0 radical (unpaired) electrons. The molecule has 1 saturated heterocycles. The predicted octanol–water partition coefficient (Wildman–Crippen LogP) is 2.01. The standard InChI is InChI=1S/C13H13NO3/c1-8-4-3-5-9-11(8)14-10(15)6-7-13(14,2)17-12(9)16/h3-5H,6-7H2,1-2H3. The van der Waals surface area contributed by atoms with Crippen molar-refractivity contribution in [3.63, 3.8) is 0 Å². The smallest absolute Gasteiger partial charge is 0.342 e. The zero-order valence-electron chi connectivity index (χ0n) is 9.82. The van der Waals surface area contributed by atoms with Crippen molar-refractivity contribution in [2.24, 2.45) is 0 Å². The van der Waals surface area contributed by atoms with E-state index < -0.39 is 5.72 Å². The summed E-state index contributed by atoms with van der Waals surface area (Å²) in [5, 5.41) is 0. The molecule has 1 atom stereocenters. The van der Waals surface area contributed by atoms with Gasteiger partial charge >= 0.3 is 5.97 Å². The van der Waals surface area contributed by atoms with Crippen LogP contribution in [-0.2, 0) is 9.53 Å². The topological polar surface area (TPSA) is 46.6 Å². The number of carbonyl (C=O) groups excluding carboxylic acids is 2. The second-order valence-electron chi connectivity index (χ2n) is 4.76. The van der Waals surface area contributed by atoms with E-state index in [2.05, 4.69) is 0 Å². The Balaban J connectivity index is 2.28. The third-order valence-corrected chi connectivity index (χ3v) is 3.52. The van der Waals surface area contributed by atoms with Crippen molar-refractivity contribution in [1.29, 1.82) is 0 Å². The average molecular weight is 231 g/mol. The molecule has 0 aliphatic carbocycles. The monoisotopic (exact) mass is 231 g/mol. The molecule has 17 heavy (non-hydrogen) atoms. The minimum atomic E-state index is -0.798. The van der Waals surface area contributed by atoms with Crippen molar-refractivity contribution < 1.29 is 14.3 Å². The number of fused-ring (bicyclic) bond motifs is 3. The highest BCUT2D eigenvalue weighted by atomic mass is 16.6. The number of aryl methyl sites for hydroxylation is 1. The largest absolute Gasteiger partial charge is 0.435 e. The molecule has 1 fully saturated rings. The lowest BCUT2D eigenvalue weighted by atomic mass is 10.0. The van der Waals surface area contributed by atoms with E-state index in [1.54, 1.807) is 24.0 Å². The number of amides is 1. The van der Waals surface area contributed by atoms with Gasteiger partial charge in [-0.1, -0.05) is 12.1 Å². The van der Waals surface area contributed by atoms with Crippen molar-refractivity contribution in [3.05, 3.63) is 29.3 Å². The van der Waals surface area contributed by atoms with E-state index in [0.717, 1.165) is 5.56 Å². The lowest BCUT2D eigenvalue weighted by Gasteiger charge is -2.40. The Bertz CT molecular complexity index is 537. The molecule has 1 aromatic rings. The van der Waals surface area contributed by atoms with Gasteiger partial charge in [-0.05, 0) is 25.5 Å². The molecule has 0 spiro atoms. The molecule has 3 rings (SSSR count). The molecule has 0 saturated carbocycles. The van der Waals surface area contributed by atoms with E-state index in [4.69, 9.17) is 4.74 Å². The fourth-order valence-electron chi connectivity index (χ4n) is 2.66. The summed E-state index contributed by atoms with van der Waals surface area (Å²) >= 11 is 0. The molecule has 1 amide bonds. The van der Waals surface area contributed by atoms with Gasteiger partial charge in [0.1, 0.15) is 0 Å². The Morgan fingerprint density at radius 3 is 2.88 bits per heavy atom. The van der Waals surface area contributed by atoms with Crippen LogP contribution >= 0.6 is 0 Å². The van der Waals surface area contributed by atoms with Crippen LogP contribution in [0.2, 0.25) is 0 Å². The highest BCUT2D eigenvalue weighted by Gasteiger charge is 2.50. The summed E-state index contributed by atoms with van der Waals surface area (Å²) in [6.07, 6.45) is 0.989. The maximum atomic E-state index is 12.0. The van der Waals surface area contributed by atoms with E-state index in [1.807, 2.05) is 13.0 Å². The van der Waals surface area contributed by atoms with Crippen LogP contribution in [0, 0.1) is 6.92 Å². The van der Waals surface area contributed by atoms with Gasteiger partial charge in [-0.3, -0.25) is 9.69 Å². The van der Waals surface area contributed by atoms with Crippen molar-refractivity contribution in [2.75, 3.05) is 4.90 Å². The number of benzene rings is 1. The molecule has 88 valence electrons. The molecule has 2 heterocycles. The zero-order chi connectivity index (χ0) is 12.2. The third-order valence-electron chi connectivity index (χ3n) is 3.52. The van der Waals surface area contributed by atoms with Gasteiger partial charge < -0.3 is 4.74 Å². The second kappa shape index (κ2) is 3.09. The van der Waals surface area contributed by atoms with Crippen molar-refractivity contribution >= 4 is 17.6 Å². The molecule has 0 bridgehead atoms. The highest BCUT2D eigenvalue weighted by Crippen LogP contribution is 2.43. The maximum Gasteiger partial charge on any atom is 0.342 e. The normalized spacial score (nSPS) is 26.6. The summed E-state index contributed by atoms with van der Waals surface area (Å²) in [7, 11) is 0. The van der Waals surface area contributed by atoms with E-state index in [-0.39, 0.29) is 11.9 Å². The van der Waals surface area contributed by atoms with Crippen LogP contribution in [0.3, 0.4) is 0 Å². The van der Waals surface area contributed by atoms with Crippen LogP contribution in [0.5, 0.6) is 0 Å². The lowest BCUT2D eigenvalue weighted by Crippen LogP contribution is -2.51. The molecule has 1 unspecified atom stereocenters. The lowest BCUT2D eigenvalue weighted by molar-refractivity contribution is -0.118. The van der Waals surface area contributed by atoms with Crippen molar-refractivity contribution in [1.82, 2.24) is 0 Å². The summed E-state index contributed by atoms with van der Waals surface area (Å²) in [5.74, 6) is -0.312. The molecular weight excluding hydrogens is 218 g/mol. The van der Waals surface area contributed by atoms with Crippen molar-refractivity contribution in [2.45, 2.75) is 32.4 Å². The number of para-hydroxylation sites is 1. The number of ether oxygens (including phenoxy) is 1. The number of hydrogen-bond donors (Lipinski definition) is 0. The summed E-state index contributed by atoms with van der Waals surface area (Å²) < 4.78 is 5.42. The molecule has 2 aliphatic heterocycles.